The first-order valence-electron chi connectivity index (χ1n) is 8.45. The number of alkyl halides is 3. The maximum atomic E-state index is 13.3. The largest absolute Gasteiger partial charge is 0.429 e. The summed E-state index contributed by atoms with van der Waals surface area (Å²) in [7, 11) is 0. The van der Waals surface area contributed by atoms with Gasteiger partial charge in [-0.2, -0.15) is 13.2 Å². The van der Waals surface area contributed by atoms with Gasteiger partial charge in [0.05, 0.1) is 22.0 Å². The number of aromatic amines is 1. The highest BCUT2D eigenvalue weighted by atomic mass is 19.4. The molecule has 9 heteroatoms. The van der Waals surface area contributed by atoms with Crippen LogP contribution in [0.25, 0.3) is 22.4 Å². The SMILES string of the molecule is O=C(N=c1ccn(O)cc1)c1cccc2[nH]c(-c3ccccc3C(F)(F)F)nc12. The van der Waals surface area contributed by atoms with Crippen molar-refractivity contribution in [1.82, 2.24) is 14.7 Å². The van der Waals surface area contributed by atoms with Crippen molar-refractivity contribution in [3.05, 3.63) is 83.5 Å². The van der Waals surface area contributed by atoms with E-state index in [-0.39, 0.29) is 22.5 Å². The summed E-state index contributed by atoms with van der Waals surface area (Å²) in [5.74, 6) is -0.595. The molecule has 0 radical (unpaired) electrons. The lowest BCUT2D eigenvalue weighted by Gasteiger charge is -2.10. The Labute approximate surface area is 161 Å². The predicted molar refractivity (Wildman–Crippen MR) is 98.0 cm³/mol. The molecule has 4 rings (SSSR count). The van der Waals surface area contributed by atoms with Crippen molar-refractivity contribution in [2.24, 2.45) is 4.99 Å². The molecule has 0 fully saturated rings. The summed E-state index contributed by atoms with van der Waals surface area (Å²) in [4.78, 5) is 23.7. The molecule has 0 aliphatic carbocycles. The van der Waals surface area contributed by atoms with Gasteiger partial charge in [-0.25, -0.2) is 14.7 Å². The van der Waals surface area contributed by atoms with E-state index < -0.39 is 17.6 Å². The number of nitrogens with zero attached hydrogens (tertiary/aromatic N) is 3. The predicted octanol–water partition coefficient (Wildman–Crippen LogP) is 4.03. The number of rotatable bonds is 2. The Morgan fingerprint density at radius 2 is 1.76 bits per heavy atom. The number of pyridine rings is 1. The number of imidazole rings is 1. The van der Waals surface area contributed by atoms with Gasteiger partial charge in [-0.3, -0.25) is 4.79 Å². The van der Waals surface area contributed by atoms with Crippen molar-refractivity contribution in [2.75, 3.05) is 0 Å². The molecule has 0 bridgehead atoms. The number of hydrogen-bond acceptors (Lipinski definition) is 3. The van der Waals surface area contributed by atoms with Gasteiger partial charge in [0.25, 0.3) is 5.91 Å². The average Bonchev–Trinajstić information content (AvgIpc) is 3.13. The fourth-order valence-electron chi connectivity index (χ4n) is 2.93. The van der Waals surface area contributed by atoms with Gasteiger partial charge < -0.3 is 10.2 Å². The molecule has 0 saturated heterocycles. The molecule has 0 aliphatic rings. The molecule has 0 aliphatic heterocycles. The van der Waals surface area contributed by atoms with Crippen LogP contribution in [0.1, 0.15) is 15.9 Å². The quantitative estimate of drug-likeness (QED) is 0.500. The Balaban J connectivity index is 1.82. The minimum absolute atomic E-state index is 0.00853. The molecule has 2 heterocycles. The first-order chi connectivity index (χ1) is 13.8. The number of aromatic nitrogens is 3. The Hall–Kier alpha value is -3.88. The zero-order valence-electron chi connectivity index (χ0n) is 14.7. The van der Waals surface area contributed by atoms with Crippen LogP contribution in [-0.2, 0) is 6.18 Å². The van der Waals surface area contributed by atoms with E-state index in [1.807, 2.05) is 0 Å². The average molecular weight is 398 g/mol. The normalized spacial score (nSPS) is 11.6. The van der Waals surface area contributed by atoms with E-state index in [4.69, 9.17) is 0 Å². The smallest absolute Gasteiger partial charge is 0.417 e. The summed E-state index contributed by atoms with van der Waals surface area (Å²) >= 11 is 0. The summed E-state index contributed by atoms with van der Waals surface area (Å²) in [5, 5.41) is 9.55. The molecule has 0 atom stereocenters. The summed E-state index contributed by atoms with van der Waals surface area (Å²) < 4.78 is 40.8. The van der Waals surface area contributed by atoms with Gasteiger partial charge in [0, 0.05) is 18.0 Å². The van der Waals surface area contributed by atoms with E-state index in [1.165, 1.54) is 48.8 Å². The van der Waals surface area contributed by atoms with Crippen molar-refractivity contribution in [2.45, 2.75) is 6.18 Å². The van der Waals surface area contributed by atoms with Crippen molar-refractivity contribution in [3.63, 3.8) is 0 Å². The van der Waals surface area contributed by atoms with Crippen LogP contribution in [-0.4, -0.2) is 25.8 Å². The van der Waals surface area contributed by atoms with Gasteiger partial charge in [0.1, 0.15) is 11.3 Å². The van der Waals surface area contributed by atoms with Crippen LogP contribution in [0.3, 0.4) is 0 Å². The van der Waals surface area contributed by atoms with Gasteiger partial charge >= 0.3 is 6.18 Å². The van der Waals surface area contributed by atoms with Gasteiger partial charge in [-0.1, -0.05) is 24.3 Å². The van der Waals surface area contributed by atoms with Gasteiger partial charge in [-0.15, -0.1) is 0 Å². The number of benzene rings is 2. The second-order valence-electron chi connectivity index (χ2n) is 6.18. The van der Waals surface area contributed by atoms with Crippen molar-refractivity contribution in [1.29, 1.82) is 0 Å². The highest BCUT2D eigenvalue weighted by molar-refractivity contribution is 6.05. The number of fused-ring (bicyclic) bond motifs is 1. The molecule has 0 saturated carbocycles. The van der Waals surface area contributed by atoms with Crippen molar-refractivity contribution >= 4 is 16.9 Å². The Kier molecular flexibility index (Phi) is 4.42. The topological polar surface area (TPSA) is 83.3 Å². The molecule has 1 amide bonds. The van der Waals surface area contributed by atoms with E-state index in [0.29, 0.717) is 10.9 Å². The molecule has 146 valence electrons. The standard InChI is InChI=1S/C20H13F3N4O2/c21-20(22,23)15-6-2-1-4-13(15)18-25-16-7-3-5-14(17(16)26-18)19(28)24-12-8-10-27(29)11-9-12/h1-11,29H,(H,25,26). The summed E-state index contributed by atoms with van der Waals surface area (Å²) in [6, 6.07) is 12.7. The lowest BCUT2D eigenvalue weighted by molar-refractivity contribution is -0.137. The lowest BCUT2D eigenvalue weighted by atomic mass is 10.1. The van der Waals surface area contributed by atoms with Gasteiger partial charge in [0.15, 0.2) is 0 Å². The number of carbonyl (C=O) groups excluding carboxylic acids is 1. The van der Waals surface area contributed by atoms with Crippen molar-refractivity contribution < 1.29 is 23.2 Å². The molecule has 29 heavy (non-hydrogen) atoms. The minimum atomic E-state index is -4.54. The van der Waals surface area contributed by atoms with E-state index >= 15 is 0 Å². The Bertz CT molecular complexity index is 1270. The van der Waals surface area contributed by atoms with Crippen LogP contribution >= 0.6 is 0 Å². The third kappa shape index (κ3) is 3.62. The van der Waals surface area contributed by atoms with Crippen LogP contribution in [0, 0.1) is 0 Å². The van der Waals surface area contributed by atoms with E-state index in [9.17, 15) is 23.2 Å². The second-order valence-corrected chi connectivity index (χ2v) is 6.18. The number of H-pyrrole nitrogens is 1. The van der Waals surface area contributed by atoms with E-state index in [0.717, 1.165) is 10.8 Å². The number of nitrogens with one attached hydrogen (secondary N) is 1. The summed E-state index contributed by atoms with van der Waals surface area (Å²) in [6.07, 6.45) is -1.92. The van der Waals surface area contributed by atoms with E-state index in [1.54, 1.807) is 12.1 Å². The number of para-hydroxylation sites is 1. The first-order valence-corrected chi connectivity index (χ1v) is 8.45. The van der Waals surface area contributed by atoms with Gasteiger partial charge in [-0.05, 0) is 30.3 Å². The molecule has 2 aromatic heterocycles. The zero-order chi connectivity index (χ0) is 20.6. The maximum absolute atomic E-state index is 13.3. The number of carbonyl (C=O) groups is 1. The number of hydrogen-bond donors (Lipinski definition) is 2. The Morgan fingerprint density at radius 1 is 1.03 bits per heavy atom. The molecule has 2 N–H and O–H groups in total. The number of halogens is 3. The first kappa shape index (κ1) is 18.5. The lowest BCUT2D eigenvalue weighted by Crippen LogP contribution is -2.08. The molecule has 2 aromatic carbocycles. The van der Waals surface area contributed by atoms with Gasteiger partial charge in [0.2, 0.25) is 0 Å². The van der Waals surface area contributed by atoms with Crippen LogP contribution in [0.15, 0.2) is 72.0 Å². The van der Waals surface area contributed by atoms with E-state index in [2.05, 4.69) is 15.0 Å². The molecular weight excluding hydrogens is 385 g/mol. The molecular formula is C20H13F3N4O2. The highest BCUT2D eigenvalue weighted by Gasteiger charge is 2.34. The fraction of sp³-hybridized carbons (Fsp3) is 0.0500. The maximum Gasteiger partial charge on any atom is 0.417 e. The molecule has 4 aromatic rings. The summed E-state index contributed by atoms with van der Waals surface area (Å²) in [5.41, 5.74) is -0.142. The molecule has 6 nitrogen and oxygen atoms in total. The third-order valence-corrected chi connectivity index (χ3v) is 4.26. The van der Waals surface area contributed by atoms with Crippen LogP contribution in [0.2, 0.25) is 0 Å². The molecule has 0 spiro atoms. The minimum Gasteiger partial charge on any atom is -0.429 e. The number of amides is 1. The Morgan fingerprint density at radius 3 is 2.48 bits per heavy atom. The van der Waals surface area contributed by atoms with Crippen molar-refractivity contribution in [3.8, 4) is 11.4 Å². The highest BCUT2D eigenvalue weighted by Crippen LogP contribution is 2.36. The van der Waals surface area contributed by atoms with Crippen LogP contribution in [0.4, 0.5) is 13.2 Å². The second kappa shape index (κ2) is 6.93. The fourth-order valence-corrected chi connectivity index (χ4v) is 2.93. The van der Waals surface area contributed by atoms with Crippen LogP contribution < -0.4 is 5.36 Å². The summed E-state index contributed by atoms with van der Waals surface area (Å²) in [6.45, 7) is 0. The third-order valence-electron chi connectivity index (χ3n) is 4.26. The van der Waals surface area contributed by atoms with Crippen LogP contribution in [0.5, 0.6) is 0 Å². The zero-order valence-corrected chi connectivity index (χ0v) is 14.7. The monoisotopic (exact) mass is 398 g/mol. The molecule has 0 unspecified atom stereocenters.